The minimum absolute atomic E-state index is 0.198. The van der Waals surface area contributed by atoms with Crippen molar-refractivity contribution in [2.75, 3.05) is 0 Å². The van der Waals surface area contributed by atoms with Crippen LogP contribution in [0.1, 0.15) is 30.0 Å². The van der Waals surface area contributed by atoms with Gasteiger partial charge in [-0.25, -0.2) is 8.42 Å². The standard InChI is InChI=1S/C18H19N3O3S/c1-12-8-10-15(11-9-12)25(22,23)21-14(3)18-19-17(20-24-18)16-7-5-4-6-13(16)2/h4-11,14,21H,1-3H3/t14-/m0/s1. The second-order valence-corrected chi connectivity index (χ2v) is 7.64. The molecule has 25 heavy (non-hydrogen) atoms. The van der Waals surface area contributed by atoms with E-state index in [1.165, 1.54) is 0 Å². The maximum Gasteiger partial charge on any atom is 0.244 e. The van der Waals surface area contributed by atoms with E-state index in [1.54, 1.807) is 31.2 Å². The van der Waals surface area contributed by atoms with Gasteiger partial charge in [0, 0.05) is 5.56 Å². The zero-order valence-electron chi connectivity index (χ0n) is 14.2. The van der Waals surface area contributed by atoms with Crippen LogP contribution in [-0.4, -0.2) is 18.6 Å². The first-order chi connectivity index (χ1) is 11.9. The van der Waals surface area contributed by atoms with E-state index in [4.69, 9.17) is 4.52 Å². The number of nitrogens with zero attached hydrogens (tertiary/aromatic N) is 2. The van der Waals surface area contributed by atoms with Gasteiger partial charge in [-0.3, -0.25) is 0 Å². The van der Waals surface area contributed by atoms with E-state index in [-0.39, 0.29) is 10.8 Å². The lowest BCUT2D eigenvalue weighted by molar-refractivity contribution is 0.354. The molecule has 0 fully saturated rings. The largest absolute Gasteiger partial charge is 0.337 e. The maximum atomic E-state index is 12.5. The fourth-order valence-electron chi connectivity index (χ4n) is 2.41. The summed E-state index contributed by atoms with van der Waals surface area (Å²) in [6, 6.07) is 13.7. The molecule has 6 nitrogen and oxygen atoms in total. The van der Waals surface area contributed by atoms with Crippen LogP contribution in [0.15, 0.2) is 57.9 Å². The summed E-state index contributed by atoms with van der Waals surface area (Å²) in [5.41, 5.74) is 2.86. The second kappa shape index (κ2) is 6.78. The van der Waals surface area contributed by atoms with Gasteiger partial charge in [-0.15, -0.1) is 0 Å². The maximum absolute atomic E-state index is 12.5. The van der Waals surface area contributed by atoms with Crippen molar-refractivity contribution in [1.29, 1.82) is 0 Å². The SMILES string of the molecule is Cc1ccc(S(=O)(=O)N[C@@H](C)c2nc(-c3ccccc3C)no2)cc1. The number of sulfonamides is 1. The average Bonchev–Trinajstić information content (AvgIpc) is 3.05. The molecule has 1 N–H and O–H groups in total. The molecule has 0 spiro atoms. The van der Waals surface area contributed by atoms with Crippen LogP contribution in [0.25, 0.3) is 11.4 Å². The lowest BCUT2D eigenvalue weighted by Gasteiger charge is -2.10. The summed E-state index contributed by atoms with van der Waals surface area (Å²) in [4.78, 5) is 4.53. The molecule has 7 heteroatoms. The molecule has 1 heterocycles. The Bertz CT molecular complexity index is 979. The number of nitrogens with one attached hydrogen (secondary N) is 1. The molecule has 0 saturated heterocycles. The predicted molar refractivity (Wildman–Crippen MR) is 94.4 cm³/mol. The third kappa shape index (κ3) is 3.78. The van der Waals surface area contributed by atoms with Crippen molar-refractivity contribution in [3.05, 3.63) is 65.5 Å². The summed E-state index contributed by atoms with van der Waals surface area (Å²) in [6.45, 7) is 5.52. The molecular formula is C18H19N3O3S. The molecule has 0 aliphatic carbocycles. The van der Waals surface area contributed by atoms with Gasteiger partial charge in [0.2, 0.25) is 21.7 Å². The van der Waals surface area contributed by atoms with E-state index >= 15 is 0 Å². The highest BCUT2D eigenvalue weighted by atomic mass is 32.2. The van der Waals surface area contributed by atoms with Gasteiger partial charge in [-0.1, -0.05) is 47.1 Å². The Morgan fingerprint density at radius 2 is 1.72 bits per heavy atom. The Morgan fingerprint density at radius 3 is 2.40 bits per heavy atom. The monoisotopic (exact) mass is 357 g/mol. The predicted octanol–water partition coefficient (Wildman–Crippen LogP) is 3.39. The van der Waals surface area contributed by atoms with Crippen molar-refractivity contribution in [2.24, 2.45) is 0 Å². The fraction of sp³-hybridized carbons (Fsp3) is 0.222. The van der Waals surface area contributed by atoms with Crippen LogP contribution < -0.4 is 4.72 Å². The third-order valence-corrected chi connectivity index (χ3v) is 5.42. The first-order valence-electron chi connectivity index (χ1n) is 7.85. The van der Waals surface area contributed by atoms with Gasteiger partial charge in [0.05, 0.1) is 10.9 Å². The van der Waals surface area contributed by atoms with Crippen molar-refractivity contribution in [3.63, 3.8) is 0 Å². The van der Waals surface area contributed by atoms with E-state index < -0.39 is 16.1 Å². The Morgan fingerprint density at radius 1 is 1.04 bits per heavy atom. The van der Waals surface area contributed by atoms with Gasteiger partial charge >= 0.3 is 0 Å². The zero-order chi connectivity index (χ0) is 18.0. The molecule has 0 aliphatic heterocycles. The molecule has 1 atom stereocenters. The fourth-order valence-corrected chi connectivity index (χ4v) is 3.61. The van der Waals surface area contributed by atoms with Gasteiger partial charge in [0.15, 0.2) is 0 Å². The first-order valence-corrected chi connectivity index (χ1v) is 9.34. The Hall–Kier alpha value is -2.51. The zero-order valence-corrected chi connectivity index (χ0v) is 15.0. The number of rotatable bonds is 5. The number of aromatic nitrogens is 2. The van der Waals surface area contributed by atoms with E-state index in [0.717, 1.165) is 16.7 Å². The van der Waals surface area contributed by atoms with Crippen molar-refractivity contribution in [3.8, 4) is 11.4 Å². The lowest BCUT2D eigenvalue weighted by atomic mass is 10.1. The molecule has 0 aliphatic rings. The number of hydrogen-bond acceptors (Lipinski definition) is 5. The summed E-state index contributed by atoms with van der Waals surface area (Å²) in [6.07, 6.45) is 0. The van der Waals surface area contributed by atoms with Crippen molar-refractivity contribution < 1.29 is 12.9 Å². The molecule has 0 radical (unpaired) electrons. The topological polar surface area (TPSA) is 85.1 Å². The summed E-state index contributed by atoms with van der Waals surface area (Å²) in [5, 5.41) is 3.96. The Kier molecular flexibility index (Phi) is 4.69. The molecule has 0 saturated carbocycles. The van der Waals surface area contributed by atoms with Crippen molar-refractivity contribution >= 4 is 10.0 Å². The van der Waals surface area contributed by atoms with Gasteiger partial charge in [0.25, 0.3) is 0 Å². The highest BCUT2D eigenvalue weighted by Crippen LogP contribution is 2.22. The quantitative estimate of drug-likeness (QED) is 0.756. The van der Waals surface area contributed by atoms with Crippen LogP contribution in [0.2, 0.25) is 0 Å². The van der Waals surface area contributed by atoms with E-state index in [2.05, 4.69) is 14.9 Å². The van der Waals surface area contributed by atoms with Gasteiger partial charge in [0.1, 0.15) is 0 Å². The smallest absolute Gasteiger partial charge is 0.244 e. The highest BCUT2D eigenvalue weighted by Gasteiger charge is 2.22. The van der Waals surface area contributed by atoms with E-state index in [1.807, 2.05) is 38.1 Å². The molecule has 130 valence electrons. The summed E-state index contributed by atoms with van der Waals surface area (Å²) < 4.78 is 32.7. The van der Waals surface area contributed by atoms with E-state index in [9.17, 15) is 8.42 Å². The van der Waals surface area contributed by atoms with Crippen molar-refractivity contribution in [2.45, 2.75) is 31.7 Å². The molecule has 0 amide bonds. The Labute approximate surface area is 147 Å². The van der Waals surface area contributed by atoms with Crippen LogP contribution in [0.5, 0.6) is 0 Å². The van der Waals surface area contributed by atoms with E-state index in [0.29, 0.717) is 5.82 Å². The van der Waals surface area contributed by atoms with Crippen LogP contribution in [0.3, 0.4) is 0 Å². The number of hydrogen-bond donors (Lipinski definition) is 1. The molecule has 0 unspecified atom stereocenters. The minimum Gasteiger partial charge on any atom is -0.337 e. The van der Waals surface area contributed by atoms with Crippen LogP contribution in [0, 0.1) is 13.8 Å². The number of aryl methyl sites for hydroxylation is 2. The third-order valence-electron chi connectivity index (χ3n) is 3.86. The van der Waals surface area contributed by atoms with Crippen LogP contribution >= 0.6 is 0 Å². The molecular weight excluding hydrogens is 338 g/mol. The highest BCUT2D eigenvalue weighted by molar-refractivity contribution is 7.89. The molecule has 1 aromatic heterocycles. The van der Waals surface area contributed by atoms with Gasteiger partial charge < -0.3 is 4.52 Å². The average molecular weight is 357 g/mol. The summed E-state index contributed by atoms with van der Waals surface area (Å²) >= 11 is 0. The first kappa shape index (κ1) is 17.3. The minimum atomic E-state index is -3.67. The molecule has 2 aromatic carbocycles. The Balaban J connectivity index is 1.81. The van der Waals surface area contributed by atoms with Crippen LogP contribution in [0.4, 0.5) is 0 Å². The molecule has 3 rings (SSSR count). The van der Waals surface area contributed by atoms with Gasteiger partial charge in [-0.05, 0) is 38.5 Å². The van der Waals surface area contributed by atoms with Gasteiger partial charge in [-0.2, -0.15) is 9.71 Å². The van der Waals surface area contributed by atoms with Crippen LogP contribution in [-0.2, 0) is 10.0 Å². The normalized spacial score (nSPS) is 12.9. The van der Waals surface area contributed by atoms with Crippen molar-refractivity contribution in [1.82, 2.24) is 14.9 Å². The second-order valence-electron chi connectivity index (χ2n) is 5.93. The summed E-state index contributed by atoms with van der Waals surface area (Å²) in [5.74, 6) is 0.656. The molecule has 3 aromatic rings. The number of benzene rings is 2. The lowest BCUT2D eigenvalue weighted by Crippen LogP contribution is -2.27. The summed E-state index contributed by atoms with van der Waals surface area (Å²) in [7, 11) is -3.67. The molecule has 0 bridgehead atoms.